The highest BCUT2D eigenvalue weighted by Crippen LogP contribution is 2.25. The summed E-state index contributed by atoms with van der Waals surface area (Å²) in [5.74, 6) is 1.54. The molecule has 0 N–H and O–H groups in total. The number of aryl methyl sites for hydroxylation is 1. The van der Waals surface area contributed by atoms with Crippen molar-refractivity contribution in [1.29, 1.82) is 0 Å². The van der Waals surface area contributed by atoms with Crippen molar-refractivity contribution in [2.45, 2.75) is 19.8 Å². The molecule has 1 aromatic rings. The third-order valence-corrected chi connectivity index (χ3v) is 3.92. The molecule has 0 spiro atoms. The van der Waals surface area contributed by atoms with Crippen LogP contribution in [0.5, 0.6) is 5.75 Å². The number of carbonyl (C=O) groups excluding carboxylic acids is 1. The number of rotatable bonds is 6. The average Bonchev–Trinajstić information content (AvgIpc) is 2.79. The Morgan fingerprint density at radius 1 is 1.35 bits per heavy atom. The number of hydrogen-bond donors (Lipinski definition) is 0. The third-order valence-electron chi connectivity index (χ3n) is 3.92. The Bertz CT molecular complexity index is 473. The van der Waals surface area contributed by atoms with Gasteiger partial charge in [0.1, 0.15) is 5.75 Å². The summed E-state index contributed by atoms with van der Waals surface area (Å²) in [6.45, 7) is 4.25. The zero-order valence-corrected chi connectivity index (χ0v) is 12.5. The van der Waals surface area contributed by atoms with Crippen LogP contribution < -0.4 is 4.74 Å². The van der Waals surface area contributed by atoms with Crippen LogP contribution in [-0.4, -0.2) is 44.7 Å². The zero-order valence-electron chi connectivity index (χ0n) is 12.5. The predicted molar refractivity (Wildman–Crippen MR) is 78.0 cm³/mol. The molecule has 1 fully saturated rings. The molecular weight excluding hydrogens is 254 g/mol. The minimum absolute atomic E-state index is 0.248. The molecule has 0 aromatic heterocycles. The number of methoxy groups -OCH3 is 2. The van der Waals surface area contributed by atoms with E-state index in [9.17, 15) is 4.79 Å². The Hall–Kier alpha value is -1.55. The first-order valence-electron chi connectivity index (χ1n) is 7.04. The van der Waals surface area contributed by atoms with Crippen LogP contribution in [0.4, 0.5) is 0 Å². The second kappa shape index (κ2) is 6.75. The molecule has 1 atom stereocenters. The number of ether oxygens (including phenoxy) is 2. The highest BCUT2D eigenvalue weighted by atomic mass is 16.5. The van der Waals surface area contributed by atoms with Crippen LogP contribution in [-0.2, 0) is 16.0 Å². The van der Waals surface area contributed by atoms with Crippen LogP contribution in [0.2, 0.25) is 0 Å². The smallest absolute Gasteiger partial charge is 0.223 e. The number of benzene rings is 1. The monoisotopic (exact) mass is 277 g/mol. The van der Waals surface area contributed by atoms with Gasteiger partial charge in [0, 0.05) is 26.6 Å². The van der Waals surface area contributed by atoms with Gasteiger partial charge in [-0.3, -0.25) is 4.79 Å². The van der Waals surface area contributed by atoms with E-state index in [1.165, 1.54) is 11.1 Å². The fraction of sp³-hybridized carbons (Fsp3) is 0.562. The lowest BCUT2D eigenvalue weighted by molar-refractivity contribution is -0.128. The van der Waals surface area contributed by atoms with Gasteiger partial charge in [0.15, 0.2) is 0 Å². The summed E-state index contributed by atoms with van der Waals surface area (Å²) in [6.07, 6.45) is 1.60. The summed E-state index contributed by atoms with van der Waals surface area (Å²) < 4.78 is 10.3. The lowest BCUT2D eigenvalue weighted by Crippen LogP contribution is -2.28. The average molecular weight is 277 g/mol. The van der Waals surface area contributed by atoms with Crippen molar-refractivity contribution in [3.05, 3.63) is 29.3 Å². The van der Waals surface area contributed by atoms with E-state index in [2.05, 4.69) is 19.1 Å². The van der Waals surface area contributed by atoms with Crippen LogP contribution in [0.3, 0.4) is 0 Å². The molecule has 1 aromatic carbocycles. The van der Waals surface area contributed by atoms with Gasteiger partial charge in [0.2, 0.25) is 5.91 Å². The molecule has 4 nitrogen and oxygen atoms in total. The maximum Gasteiger partial charge on any atom is 0.223 e. The number of hydrogen-bond acceptors (Lipinski definition) is 3. The largest absolute Gasteiger partial charge is 0.497 e. The summed E-state index contributed by atoms with van der Waals surface area (Å²) in [6, 6.07) is 6.15. The van der Waals surface area contributed by atoms with E-state index in [4.69, 9.17) is 9.47 Å². The van der Waals surface area contributed by atoms with E-state index in [1.807, 2.05) is 11.0 Å². The first-order valence-corrected chi connectivity index (χ1v) is 7.04. The van der Waals surface area contributed by atoms with Gasteiger partial charge in [-0.05, 0) is 42.5 Å². The lowest BCUT2D eigenvalue weighted by Gasteiger charge is -2.16. The van der Waals surface area contributed by atoms with Crippen molar-refractivity contribution < 1.29 is 14.3 Å². The van der Waals surface area contributed by atoms with Crippen molar-refractivity contribution in [3.63, 3.8) is 0 Å². The summed E-state index contributed by atoms with van der Waals surface area (Å²) in [5, 5.41) is 0. The molecule has 1 unspecified atom stereocenters. The van der Waals surface area contributed by atoms with Crippen molar-refractivity contribution in [2.24, 2.45) is 5.92 Å². The Morgan fingerprint density at radius 3 is 2.80 bits per heavy atom. The normalized spacial score (nSPS) is 18.6. The van der Waals surface area contributed by atoms with Crippen LogP contribution >= 0.6 is 0 Å². The maximum atomic E-state index is 11.9. The van der Waals surface area contributed by atoms with E-state index in [1.54, 1.807) is 14.2 Å². The predicted octanol–water partition coefficient (Wildman–Crippen LogP) is 2.04. The number of likely N-dealkylation sites (tertiary alicyclic amines) is 1. The van der Waals surface area contributed by atoms with E-state index >= 15 is 0 Å². The Labute approximate surface area is 120 Å². The van der Waals surface area contributed by atoms with Crippen LogP contribution in [0.1, 0.15) is 17.5 Å². The quantitative estimate of drug-likeness (QED) is 0.798. The summed E-state index contributed by atoms with van der Waals surface area (Å²) >= 11 is 0. The van der Waals surface area contributed by atoms with E-state index < -0.39 is 0 Å². The standard InChI is InChI=1S/C16H23NO3/c1-12-8-15(20-3)5-4-14(12)9-13-10-16(18)17(11-13)6-7-19-2/h4-5,8,13H,6-7,9-11H2,1-3H3. The molecule has 4 heteroatoms. The minimum atomic E-state index is 0.248. The number of nitrogens with zero attached hydrogens (tertiary/aromatic N) is 1. The van der Waals surface area contributed by atoms with Crippen LogP contribution in [0.15, 0.2) is 18.2 Å². The van der Waals surface area contributed by atoms with E-state index in [0.29, 0.717) is 25.5 Å². The van der Waals surface area contributed by atoms with Gasteiger partial charge in [-0.1, -0.05) is 6.07 Å². The van der Waals surface area contributed by atoms with Crippen LogP contribution in [0, 0.1) is 12.8 Å². The fourth-order valence-corrected chi connectivity index (χ4v) is 2.74. The lowest BCUT2D eigenvalue weighted by atomic mass is 9.95. The molecule has 1 heterocycles. The van der Waals surface area contributed by atoms with E-state index in [-0.39, 0.29) is 5.91 Å². The second-order valence-corrected chi connectivity index (χ2v) is 5.40. The SMILES string of the molecule is COCCN1CC(Cc2ccc(OC)cc2C)CC1=O. The highest BCUT2D eigenvalue weighted by molar-refractivity contribution is 5.78. The minimum Gasteiger partial charge on any atom is -0.497 e. The summed E-state index contributed by atoms with van der Waals surface area (Å²) in [7, 11) is 3.34. The molecular formula is C16H23NO3. The van der Waals surface area contributed by atoms with Gasteiger partial charge >= 0.3 is 0 Å². The Kier molecular flexibility index (Phi) is 5.01. The molecule has 1 aliphatic rings. The van der Waals surface area contributed by atoms with Crippen molar-refractivity contribution >= 4 is 5.91 Å². The Balaban J connectivity index is 1.96. The van der Waals surface area contributed by atoms with Crippen molar-refractivity contribution in [1.82, 2.24) is 4.90 Å². The van der Waals surface area contributed by atoms with Gasteiger partial charge < -0.3 is 14.4 Å². The second-order valence-electron chi connectivity index (χ2n) is 5.40. The number of carbonyl (C=O) groups is 1. The molecule has 110 valence electrons. The molecule has 1 aliphatic heterocycles. The Morgan fingerprint density at radius 2 is 2.15 bits per heavy atom. The molecule has 0 aliphatic carbocycles. The first-order chi connectivity index (χ1) is 9.63. The summed E-state index contributed by atoms with van der Waals surface area (Å²) in [5.41, 5.74) is 2.53. The molecule has 1 amide bonds. The zero-order chi connectivity index (χ0) is 14.5. The third kappa shape index (κ3) is 3.51. The van der Waals surface area contributed by atoms with E-state index in [0.717, 1.165) is 18.7 Å². The molecule has 20 heavy (non-hydrogen) atoms. The van der Waals surface area contributed by atoms with Gasteiger partial charge in [-0.25, -0.2) is 0 Å². The molecule has 1 saturated heterocycles. The van der Waals surface area contributed by atoms with Gasteiger partial charge in [0.05, 0.1) is 13.7 Å². The summed E-state index contributed by atoms with van der Waals surface area (Å²) in [4.78, 5) is 13.8. The molecule has 0 radical (unpaired) electrons. The van der Waals surface area contributed by atoms with Crippen molar-refractivity contribution in [3.8, 4) is 5.75 Å². The van der Waals surface area contributed by atoms with Crippen molar-refractivity contribution in [2.75, 3.05) is 33.9 Å². The van der Waals surface area contributed by atoms with Gasteiger partial charge in [-0.15, -0.1) is 0 Å². The topological polar surface area (TPSA) is 38.8 Å². The van der Waals surface area contributed by atoms with Gasteiger partial charge in [0.25, 0.3) is 0 Å². The molecule has 2 rings (SSSR count). The van der Waals surface area contributed by atoms with Crippen LogP contribution in [0.25, 0.3) is 0 Å². The number of amides is 1. The highest BCUT2D eigenvalue weighted by Gasteiger charge is 2.29. The van der Waals surface area contributed by atoms with Gasteiger partial charge in [-0.2, -0.15) is 0 Å². The fourth-order valence-electron chi connectivity index (χ4n) is 2.74. The molecule has 0 saturated carbocycles. The molecule has 0 bridgehead atoms. The first kappa shape index (κ1) is 14.9. The maximum absolute atomic E-state index is 11.9.